The molecule has 0 radical (unpaired) electrons. The summed E-state index contributed by atoms with van der Waals surface area (Å²) < 4.78 is 19.6. The van der Waals surface area contributed by atoms with E-state index in [1.54, 1.807) is 6.26 Å². The van der Waals surface area contributed by atoms with Gasteiger partial charge < -0.3 is 20.8 Å². The van der Waals surface area contributed by atoms with Crippen molar-refractivity contribution < 1.29 is 9.13 Å². The molecule has 1 aliphatic rings. The van der Waals surface area contributed by atoms with Crippen molar-refractivity contribution in [2.45, 2.75) is 6.92 Å². The lowest BCUT2D eigenvalue weighted by atomic mass is 9.98. The molecule has 1 aromatic rings. The van der Waals surface area contributed by atoms with E-state index in [1.807, 2.05) is 25.3 Å². The minimum absolute atomic E-state index is 0.0439. The number of nitrogens with two attached hydrogens (primary N) is 1. The summed E-state index contributed by atoms with van der Waals surface area (Å²) in [6.07, 6.45) is 9.99. The fourth-order valence-electron chi connectivity index (χ4n) is 2.42. The van der Waals surface area contributed by atoms with Crippen LogP contribution in [0.2, 0.25) is 0 Å². The first-order valence-electron chi connectivity index (χ1n) is 8.01. The van der Waals surface area contributed by atoms with E-state index in [0.717, 1.165) is 6.54 Å². The molecular weight excluding hydrogens is 333 g/mol. The molecule has 0 fully saturated rings. The summed E-state index contributed by atoms with van der Waals surface area (Å²) >= 11 is 0. The van der Waals surface area contributed by atoms with Crippen LogP contribution in [0.3, 0.4) is 0 Å². The second-order valence-electron chi connectivity index (χ2n) is 5.48. The summed E-state index contributed by atoms with van der Waals surface area (Å²) in [5.41, 5.74) is 6.69. The molecule has 0 aromatic heterocycles. The van der Waals surface area contributed by atoms with Crippen LogP contribution in [0, 0.1) is 22.7 Å². The number of ether oxygens (including phenoxy) is 1. The van der Waals surface area contributed by atoms with Crippen molar-refractivity contribution in [2.75, 3.05) is 20.1 Å². The molecule has 0 atom stereocenters. The molecule has 0 spiro atoms. The van der Waals surface area contributed by atoms with Gasteiger partial charge >= 0.3 is 0 Å². The highest BCUT2D eigenvalue weighted by molar-refractivity contribution is 6.11. The van der Waals surface area contributed by atoms with Crippen LogP contribution < -0.4 is 10.5 Å². The normalized spacial score (nSPS) is 14.3. The van der Waals surface area contributed by atoms with Crippen molar-refractivity contribution in [3.05, 3.63) is 59.6 Å². The second kappa shape index (κ2) is 8.62. The highest BCUT2D eigenvalue weighted by Gasteiger charge is 2.17. The molecule has 0 aliphatic carbocycles. The van der Waals surface area contributed by atoms with Crippen LogP contribution in [-0.4, -0.2) is 36.6 Å². The molecule has 0 bridgehead atoms. The lowest BCUT2D eigenvalue weighted by molar-refractivity contribution is 0.436. The molecule has 7 heteroatoms. The van der Waals surface area contributed by atoms with Gasteiger partial charge in [0, 0.05) is 31.3 Å². The van der Waals surface area contributed by atoms with E-state index in [2.05, 4.69) is 9.89 Å². The second-order valence-corrected chi connectivity index (χ2v) is 5.48. The topological polar surface area (TPSA) is 98.5 Å². The SMILES string of the molecule is CCN1C=CC(c2cc(OC#N)c(C(=N)/C=C\C(N)=NC)cc2F)=CC1. The molecule has 1 aromatic carbocycles. The Morgan fingerprint density at radius 1 is 1.50 bits per heavy atom. The van der Waals surface area contributed by atoms with Gasteiger partial charge in [0.05, 0.1) is 5.71 Å². The maximum absolute atomic E-state index is 14.7. The van der Waals surface area contributed by atoms with Crippen molar-refractivity contribution in [3.8, 4) is 12.0 Å². The number of likely N-dealkylation sites (N-methyl/N-ethyl adjacent to an activating group) is 1. The highest BCUT2D eigenvalue weighted by atomic mass is 19.1. The number of hydrogen-bond donors (Lipinski definition) is 2. The monoisotopic (exact) mass is 353 g/mol. The van der Waals surface area contributed by atoms with Crippen molar-refractivity contribution in [1.29, 1.82) is 10.7 Å². The predicted octanol–water partition coefficient (Wildman–Crippen LogP) is 2.83. The zero-order valence-corrected chi connectivity index (χ0v) is 14.7. The van der Waals surface area contributed by atoms with Crippen LogP contribution in [0.25, 0.3) is 5.57 Å². The lowest BCUT2D eigenvalue weighted by Crippen LogP contribution is -2.19. The third-order valence-electron chi connectivity index (χ3n) is 3.92. The Balaban J connectivity index is 2.41. The number of halogens is 1. The summed E-state index contributed by atoms with van der Waals surface area (Å²) in [7, 11) is 1.52. The number of amidine groups is 1. The zero-order chi connectivity index (χ0) is 19.1. The molecule has 0 saturated heterocycles. The van der Waals surface area contributed by atoms with Gasteiger partial charge in [-0.1, -0.05) is 6.08 Å². The minimum Gasteiger partial charge on any atom is -0.387 e. The van der Waals surface area contributed by atoms with Gasteiger partial charge in [0.15, 0.2) is 5.75 Å². The maximum atomic E-state index is 14.7. The number of rotatable bonds is 6. The number of hydrogen-bond acceptors (Lipinski definition) is 5. The van der Waals surface area contributed by atoms with Gasteiger partial charge in [-0.3, -0.25) is 4.99 Å². The van der Waals surface area contributed by atoms with Gasteiger partial charge in [-0.05, 0) is 49.1 Å². The van der Waals surface area contributed by atoms with E-state index >= 15 is 0 Å². The van der Waals surface area contributed by atoms with Crippen molar-refractivity contribution >= 4 is 17.1 Å². The molecule has 1 heterocycles. The summed E-state index contributed by atoms with van der Waals surface area (Å²) in [6.45, 7) is 3.57. The molecule has 6 nitrogen and oxygen atoms in total. The number of nitrogens with one attached hydrogen (secondary N) is 1. The van der Waals surface area contributed by atoms with E-state index in [4.69, 9.17) is 21.1 Å². The molecule has 26 heavy (non-hydrogen) atoms. The molecule has 3 N–H and O–H groups in total. The minimum atomic E-state index is -0.499. The fraction of sp³-hybridized carbons (Fsp3) is 0.211. The molecular formula is C19H20FN5O. The van der Waals surface area contributed by atoms with E-state index in [9.17, 15) is 4.39 Å². The Kier molecular flexibility index (Phi) is 6.28. The zero-order valence-electron chi connectivity index (χ0n) is 14.7. The van der Waals surface area contributed by atoms with E-state index < -0.39 is 5.82 Å². The van der Waals surface area contributed by atoms with Crippen LogP contribution in [0.1, 0.15) is 18.1 Å². The quantitative estimate of drug-likeness (QED) is 0.467. The number of aliphatic imine (C=N–C) groups is 1. The van der Waals surface area contributed by atoms with Crippen molar-refractivity contribution in [3.63, 3.8) is 0 Å². The average molecular weight is 353 g/mol. The standard InChI is InChI=1S/C19H20FN5O/c1-3-25-8-6-13(7-9-25)14-11-18(26-12-21)15(10-16(14)20)17(22)4-5-19(23)24-2/h4-8,10-11,22H,3,9H2,1-2H3,(H2,23,24)/b5-4-,22-17?. The van der Waals surface area contributed by atoms with Crippen molar-refractivity contribution in [2.24, 2.45) is 10.7 Å². The summed E-state index contributed by atoms with van der Waals surface area (Å²) in [5, 5.41) is 17.0. The smallest absolute Gasteiger partial charge is 0.292 e. The Labute approximate surface area is 151 Å². The third-order valence-corrected chi connectivity index (χ3v) is 3.92. The predicted molar refractivity (Wildman–Crippen MR) is 101 cm³/mol. The van der Waals surface area contributed by atoms with E-state index in [-0.39, 0.29) is 22.9 Å². The molecule has 0 amide bonds. The number of benzene rings is 1. The number of nitrogens with zero attached hydrogens (tertiary/aromatic N) is 3. The van der Waals surface area contributed by atoms with Gasteiger partial charge in [0.25, 0.3) is 6.26 Å². The molecule has 0 unspecified atom stereocenters. The average Bonchev–Trinajstić information content (AvgIpc) is 2.67. The van der Waals surface area contributed by atoms with Crippen LogP contribution in [-0.2, 0) is 0 Å². The molecule has 2 rings (SSSR count). The van der Waals surface area contributed by atoms with Gasteiger partial charge in [-0.25, -0.2) is 4.39 Å². The van der Waals surface area contributed by atoms with Crippen LogP contribution in [0.4, 0.5) is 4.39 Å². The third kappa shape index (κ3) is 4.36. The Morgan fingerprint density at radius 2 is 2.27 bits per heavy atom. The first-order valence-corrected chi connectivity index (χ1v) is 8.01. The van der Waals surface area contributed by atoms with E-state index in [1.165, 1.54) is 31.3 Å². The van der Waals surface area contributed by atoms with Gasteiger partial charge in [-0.2, -0.15) is 0 Å². The van der Waals surface area contributed by atoms with Gasteiger partial charge in [0.2, 0.25) is 0 Å². The Morgan fingerprint density at radius 3 is 2.85 bits per heavy atom. The van der Waals surface area contributed by atoms with Crippen LogP contribution in [0.5, 0.6) is 5.75 Å². The summed E-state index contributed by atoms with van der Waals surface area (Å²) in [5.74, 6) is -0.160. The molecule has 134 valence electrons. The maximum Gasteiger partial charge on any atom is 0.292 e. The van der Waals surface area contributed by atoms with Crippen molar-refractivity contribution in [1.82, 2.24) is 4.90 Å². The summed E-state index contributed by atoms with van der Waals surface area (Å²) in [6, 6.07) is 2.63. The largest absolute Gasteiger partial charge is 0.387 e. The molecule has 0 saturated carbocycles. The number of allylic oxidation sites excluding steroid dienone is 3. The van der Waals surface area contributed by atoms with E-state index in [0.29, 0.717) is 17.7 Å². The van der Waals surface area contributed by atoms with Crippen LogP contribution in [0.15, 0.2) is 47.6 Å². The highest BCUT2D eigenvalue weighted by Crippen LogP contribution is 2.30. The first-order chi connectivity index (χ1) is 12.5. The lowest BCUT2D eigenvalue weighted by Gasteiger charge is -2.21. The number of nitriles is 1. The van der Waals surface area contributed by atoms with Crippen LogP contribution >= 0.6 is 0 Å². The first kappa shape index (κ1) is 18.9. The Bertz CT molecular complexity index is 861. The van der Waals surface area contributed by atoms with Gasteiger partial charge in [0.1, 0.15) is 11.7 Å². The molecule has 1 aliphatic heterocycles. The fourth-order valence-corrected chi connectivity index (χ4v) is 2.42. The van der Waals surface area contributed by atoms with Gasteiger partial charge in [-0.15, -0.1) is 5.26 Å². The summed E-state index contributed by atoms with van der Waals surface area (Å²) in [4.78, 5) is 5.83. The Hall–Kier alpha value is -3.40.